The Bertz CT molecular complexity index is 1080. The first-order valence-electron chi connectivity index (χ1n) is 14.4. The molecule has 238 valence electrons. The number of hydrogen-bond acceptors (Lipinski definition) is 12. The summed E-state index contributed by atoms with van der Waals surface area (Å²) in [5, 5.41) is 0. The van der Waals surface area contributed by atoms with Crippen molar-refractivity contribution >= 4 is 12.1 Å². The van der Waals surface area contributed by atoms with Crippen molar-refractivity contribution in [2.24, 2.45) is 0 Å². The van der Waals surface area contributed by atoms with E-state index in [1.807, 2.05) is 0 Å². The standard InChI is InChI=1S/C31H42O12/c1-25(33)27-3-5-29-31(23-27)43-21-17-39-13-9-35-8-12-38-16-20-42-30-22-26(24-32)2-4-28(30)40-18-14-36-10-6-34-7-11-37-15-19-41-29/h2-5,22-24H,6-21H2,1H3. The Kier molecular flexibility index (Phi) is 17.1. The summed E-state index contributed by atoms with van der Waals surface area (Å²) < 4.78 is 56.6. The van der Waals surface area contributed by atoms with Gasteiger partial charge in [-0.15, -0.1) is 0 Å². The maximum absolute atomic E-state index is 11.8. The molecule has 0 bridgehead atoms. The zero-order chi connectivity index (χ0) is 30.4. The number of carbonyl (C=O) groups excluding carboxylic acids is 2. The molecule has 0 saturated heterocycles. The molecule has 0 aliphatic carbocycles. The van der Waals surface area contributed by atoms with E-state index in [-0.39, 0.29) is 19.0 Å². The first-order chi connectivity index (χ1) is 21.2. The predicted molar refractivity (Wildman–Crippen MR) is 155 cm³/mol. The molecule has 2 aromatic rings. The van der Waals surface area contributed by atoms with Gasteiger partial charge in [0, 0.05) is 11.1 Å². The fourth-order valence-corrected chi connectivity index (χ4v) is 3.72. The van der Waals surface area contributed by atoms with Gasteiger partial charge in [-0.25, -0.2) is 0 Å². The average molecular weight is 607 g/mol. The van der Waals surface area contributed by atoms with Crippen LogP contribution in [0.1, 0.15) is 27.6 Å². The third-order valence-corrected chi connectivity index (χ3v) is 5.88. The Labute approximate surface area is 252 Å². The molecule has 0 atom stereocenters. The zero-order valence-electron chi connectivity index (χ0n) is 24.8. The van der Waals surface area contributed by atoms with Crippen LogP contribution in [-0.2, 0) is 28.4 Å². The molecular formula is C31H42O12. The molecule has 0 radical (unpaired) electrons. The molecular weight excluding hydrogens is 564 g/mol. The first-order valence-corrected chi connectivity index (χ1v) is 14.4. The van der Waals surface area contributed by atoms with Crippen molar-refractivity contribution in [1.29, 1.82) is 0 Å². The Morgan fingerprint density at radius 3 is 1.23 bits per heavy atom. The van der Waals surface area contributed by atoms with E-state index in [4.69, 9.17) is 47.4 Å². The van der Waals surface area contributed by atoms with Crippen molar-refractivity contribution in [3.05, 3.63) is 47.5 Å². The SMILES string of the molecule is CC(=O)c1ccc2c(c1)OCCOCCOCCOCCOc1cc(C=O)ccc1OCCOCCOCCOCCO2. The molecule has 3 rings (SSSR count). The summed E-state index contributed by atoms with van der Waals surface area (Å²) in [6.07, 6.45) is 0.752. The van der Waals surface area contributed by atoms with Gasteiger partial charge in [0.2, 0.25) is 0 Å². The molecule has 1 aliphatic rings. The number of hydrogen-bond donors (Lipinski definition) is 0. The van der Waals surface area contributed by atoms with E-state index in [2.05, 4.69) is 0 Å². The van der Waals surface area contributed by atoms with E-state index in [0.717, 1.165) is 6.29 Å². The van der Waals surface area contributed by atoms with Crippen LogP contribution in [0.4, 0.5) is 0 Å². The first kappa shape index (κ1) is 34.2. The molecule has 0 saturated carbocycles. The predicted octanol–water partition coefficient (Wildman–Crippen LogP) is 3.03. The zero-order valence-corrected chi connectivity index (χ0v) is 24.8. The molecule has 0 spiro atoms. The molecule has 12 heteroatoms. The van der Waals surface area contributed by atoms with Crippen molar-refractivity contribution in [3.63, 3.8) is 0 Å². The molecule has 12 nitrogen and oxygen atoms in total. The van der Waals surface area contributed by atoms with Crippen LogP contribution in [-0.4, -0.2) is 118 Å². The van der Waals surface area contributed by atoms with Gasteiger partial charge in [-0.05, 0) is 43.3 Å². The van der Waals surface area contributed by atoms with Crippen LogP contribution in [0.3, 0.4) is 0 Å². The van der Waals surface area contributed by atoms with Crippen molar-refractivity contribution in [2.45, 2.75) is 6.92 Å². The molecule has 1 aliphatic heterocycles. The molecule has 0 aromatic heterocycles. The molecule has 43 heavy (non-hydrogen) atoms. The summed E-state index contributed by atoms with van der Waals surface area (Å²) in [5.41, 5.74) is 1.02. The second-order valence-electron chi connectivity index (χ2n) is 9.11. The van der Waals surface area contributed by atoms with E-state index < -0.39 is 0 Å². The van der Waals surface area contributed by atoms with Gasteiger partial charge in [-0.2, -0.15) is 0 Å². The minimum absolute atomic E-state index is 0.0647. The van der Waals surface area contributed by atoms with E-state index >= 15 is 0 Å². The van der Waals surface area contributed by atoms with Gasteiger partial charge in [-0.1, -0.05) is 0 Å². The molecule has 1 heterocycles. The lowest BCUT2D eigenvalue weighted by atomic mass is 10.1. The van der Waals surface area contributed by atoms with Crippen LogP contribution in [0.5, 0.6) is 23.0 Å². The van der Waals surface area contributed by atoms with Gasteiger partial charge >= 0.3 is 0 Å². The van der Waals surface area contributed by atoms with Crippen LogP contribution in [0.2, 0.25) is 0 Å². The third-order valence-electron chi connectivity index (χ3n) is 5.88. The van der Waals surface area contributed by atoms with Crippen LogP contribution >= 0.6 is 0 Å². The number of ether oxygens (including phenoxy) is 10. The fraction of sp³-hybridized carbons (Fsp3) is 0.548. The van der Waals surface area contributed by atoms with E-state index in [1.54, 1.807) is 36.4 Å². The number of ketones is 1. The smallest absolute Gasteiger partial charge is 0.162 e. The Hall–Kier alpha value is -3.26. The highest BCUT2D eigenvalue weighted by molar-refractivity contribution is 5.94. The minimum atomic E-state index is -0.0647. The summed E-state index contributed by atoms with van der Waals surface area (Å²) in [4.78, 5) is 23.0. The second kappa shape index (κ2) is 21.4. The quantitative estimate of drug-likeness (QED) is 0.368. The maximum Gasteiger partial charge on any atom is 0.162 e. The van der Waals surface area contributed by atoms with Gasteiger partial charge in [0.15, 0.2) is 28.8 Å². The molecule has 0 unspecified atom stereocenters. The van der Waals surface area contributed by atoms with Crippen molar-refractivity contribution < 1.29 is 57.0 Å². The van der Waals surface area contributed by atoms with E-state index in [0.29, 0.717) is 127 Å². The van der Waals surface area contributed by atoms with Gasteiger partial charge in [0.25, 0.3) is 0 Å². The normalized spacial score (nSPS) is 18.2. The van der Waals surface area contributed by atoms with Gasteiger partial charge in [0.05, 0.1) is 79.3 Å². The average Bonchev–Trinajstić information content (AvgIpc) is 3.02. The number of aldehydes is 1. The highest BCUT2D eigenvalue weighted by Crippen LogP contribution is 2.29. The Morgan fingerprint density at radius 1 is 0.488 bits per heavy atom. The lowest BCUT2D eigenvalue weighted by molar-refractivity contribution is 0.00248. The summed E-state index contributed by atoms with van der Waals surface area (Å²) in [6.45, 7) is 7.32. The summed E-state index contributed by atoms with van der Waals surface area (Å²) >= 11 is 0. The van der Waals surface area contributed by atoms with Crippen molar-refractivity contribution in [1.82, 2.24) is 0 Å². The largest absolute Gasteiger partial charge is 0.487 e. The number of fused-ring (bicyclic) bond motifs is 2. The van der Waals surface area contributed by atoms with Crippen LogP contribution in [0.25, 0.3) is 0 Å². The highest BCUT2D eigenvalue weighted by Gasteiger charge is 2.10. The molecule has 2 aromatic carbocycles. The van der Waals surface area contributed by atoms with Crippen LogP contribution in [0, 0.1) is 0 Å². The van der Waals surface area contributed by atoms with Gasteiger partial charge < -0.3 is 47.4 Å². The fourth-order valence-electron chi connectivity index (χ4n) is 3.72. The summed E-state index contributed by atoms with van der Waals surface area (Å²) in [6, 6.07) is 10.1. The Balaban J connectivity index is 1.45. The third kappa shape index (κ3) is 14.2. The number of Topliss-reactive ketones (excluding diaryl/α,β-unsaturated/α-hetero) is 1. The number of rotatable bonds is 2. The monoisotopic (exact) mass is 606 g/mol. The number of benzene rings is 2. The number of carbonyl (C=O) groups is 2. The van der Waals surface area contributed by atoms with Crippen LogP contribution in [0.15, 0.2) is 36.4 Å². The second-order valence-corrected chi connectivity index (χ2v) is 9.11. The lowest BCUT2D eigenvalue weighted by Gasteiger charge is -2.14. The van der Waals surface area contributed by atoms with E-state index in [9.17, 15) is 9.59 Å². The molecule has 0 fully saturated rings. The summed E-state index contributed by atoms with van der Waals surface area (Å²) in [7, 11) is 0. The Morgan fingerprint density at radius 2 is 0.837 bits per heavy atom. The van der Waals surface area contributed by atoms with Gasteiger partial charge in [0.1, 0.15) is 32.7 Å². The summed E-state index contributed by atoms with van der Waals surface area (Å²) in [5.74, 6) is 1.90. The highest BCUT2D eigenvalue weighted by atomic mass is 16.6. The molecule has 0 amide bonds. The maximum atomic E-state index is 11.8. The van der Waals surface area contributed by atoms with Crippen molar-refractivity contribution in [3.8, 4) is 23.0 Å². The van der Waals surface area contributed by atoms with Crippen molar-refractivity contribution in [2.75, 3.05) is 106 Å². The topological polar surface area (TPSA) is 126 Å². The van der Waals surface area contributed by atoms with Gasteiger partial charge in [-0.3, -0.25) is 9.59 Å². The van der Waals surface area contributed by atoms with Crippen LogP contribution < -0.4 is 18.9 Å². The lowest BCUT2D eigenvalue weighted by Crippen LogP contribution is -2.16. The minimum Gasteiger partial charge on any atom is -0.487 e. The van der Waals surface area contributed by atoms with E-state index in [1.165, 1.54) is 6.92 Å². The molecule has 0 N–H and O–H groups in total.